The molecule has 0 aromatic rings. The highest BCUT2D eigenvalue weighted by molar-refractivity contribution is 5.79. The molecule has 2 unspecified atom stereocenters. The summed E-state index contributed by atoms with van der Waals surface area (Å²) in [6.45, 7) is 6.41. The average Bonchev–Trinajstić information content (AvgIpc) is 2.95. The molecule has 2 atom stereocenters. The first-order chi connectivity index (χ1) is 8.58. The molecule has 3 nitrogen and oxygen atoms in total. The minimum absolute atomic E-state index is 0.319. The lowest BCUT2D eigenvalue weighted by Gasteiger charge is -2.20. The first-order valence-electron chi connectivity index (χ1n) is 7.56. The fourth-order valence-corrected chi connectivity index (χ4v) is 3.03. The van der Waals surface area contributed by atoms with Gasteiger partial charge < -0.3 is 10.2 Å². The highest BCUT2D eigenvalue weighted by atomic mass is 16.1. The minimum Gasteiger partial charge on any atom is -0.356 e. The van der Waals surface area contributed by atoms with Gasteiger partial charge in [0.15, 0.2) is 0 Å². The van der Waals surface area contributed by atoms with Crippen molar-refractivity contribution in [1.82, 2.24) is 10.2 Å². The number of fused-ring (bicyclic) bond motifs is 1. The van der Waals surface area contributed by atoms with Crippen LogP contribution in [-0.4, -0.2) is 37.0 Å². The first kappa shape index (κ1) is 13.9. The Labute approximate surface area is 111 Å². The van der Waals surface area contributed by atoms with Gasteiger partial charge in [-0.3, -0.25) is 4.79 Å². The summed E-state index contributed by atoms with van der Waals surface area (Å²) in [7, 11) is 2.16. The van der Waals surface area contributed by atoms with Crippen LogP contribution in [0, 0.1) is 17.8 Å². The molecule has 2 rings (SSSR count). The second-order valence-corrected chi connectivity index (χ2v) is 6.50. The first-order valence-corrected chi connectivity index (χ1v) is 7.56. The molecule has 0 saturated heterocycles. The predicted octanol–water partition coefficient (Wildman–Crippen LogP) is 2.27. The molecule has 0 radical (unpaired) electrons. The normalized spacial score (nSPS) is 29.7. The molecule has 2 aliphatic rings. The molecular formula is C15H28N2O. The topological polar surface area (TPSA) is 32.3 Å². The summed E-state index contributed by atoms with van der Waals surface area (Å²) in [6.07, 6.45) is 5.98. The summed E-state index contributed by atoms with van der Waals surface area (Å²) < 4.78 is 0. The number of carbonyl (C=O) groups excluding carboxylic acids is 1. The van der Waals surface area contributed by atoms with Gasteiger partial charge >= 0.3 is 0 Å². The monoisotopic (exact) mass is 252 g/mol. The van der Waals surface area contributed by atoms with E-state index in [0.717, 1.165) is 44.2 Å². The van der Waals surface area contributed by atoms with E-state index in [2.05, 4.69) is 31.1 Å². The van der Waals surface area contributed by atoms with Crippen LogP contribution in [0.25, 0.3) is 0 Å². The van der Waals surface area contributed by atoms with E-state index in [4.69, 9.17) is 0 Å². The van der Waals surface area contributed by atoms with Gasteiger partial charge in [0.1, 0.15) is 0 Å². The maximum atomic E-state index is 11.9. The molecule has 1 N–H and O–H groups in total. The van der Waals surface area contributed by atoms with Gasteiger partial charge in [-0.25, -0.2) is 0 Å². The third kappa shape index (κ3) is 3.71. The highest BCUT2D eigenvalue weighted by Gasteiger charge is 2.47. The average molecular weight is 252 g/mol. The van der Waals surface area contributed by atoms with E-state index in [1.165, 1.54) is 12.8 Å². The van der Waals surface area contributed by atoms with Crippen molar-refractivity contribution in [2.45, 2.75) is 52.0 Å². The van der Waals surface area contributed by atoms with Crippen molar-refractivity contribution in [1.29, 1.82) is 0 Å². The van der Waals surface area contributed by atoms with Crippen LogP contribution in [-0.2, 0) is 4.79 Å². The summed E-state index contributed by atoms with van der Waals surface area (Å²) in [4.78, 5) is 14.2. The van der Waals surface area contributed by atoms with E-state index >= 15 is 0 Å². The quantitative estimate of drug-likeness (QED) is 0.705. The number of nitrogens with one attached hydrogen (secondary N) is 1. The summed E-state index contributed by atoms with van der Waals surface area (Å²) >= 11 is 0. The fraction of sp³-hybridized carbons (Fsp3) is 0.933. The summed E-state index contributed by atoms with van der Waals surface area (Å²) in [5, 5.41) is 3.11. The van der Waals surface area contributed by atoms with E-state index in [-0.39, 0.29) is 0 Å². The molecule has 0 bridgehead atoms. The third-order valence-corrected chi connectivity index (χ3v) is 4.73. The molecule has 2 aliphatic carbocycles. The van der Waals surface area contributed by atoms with Crippen LogP contribution in [0.2, 0.25) is 0 Å². The number of unbranched alkanes of at least 4 members (excludes halogenated alkanes) is 1. The van der Waals surface area contributed by atoms with Crippen LogP contribution in [0.5, 0.6) is 0 Å². The lowest BCUT2D eigenvalue weighted by Crippen LogP contribution is -2.32. The Morgan fingerprint density at radius 1 is 1.22 bits per heavy atom. The van der Waals surface area contributed by atoms with Crippen LogP contribution >= 0.6 is 0 Å². The molecule has 0 heterocycles. The zero-order valence-electron chi connectivity index (χ0n) is 12.1. The van der Waals surface area contributed by atoms with Crippen molar-refractivity contribution in [3.63, 3.8) is 0 Å². The number of amides is 1. The molecule has 3 heteroatoms. The van der Waals surface area contributed by atoms with E-state index in [0.29, 0.717) is 17.9 Å². The number of carbonyl (C=O) groups is 1. The van der Waals surface area contributed by atoms with Gasteiger partial charge in [-0.1, -0.05) is 0 Å². The second-order valence-electron chi connectivity index (χ2n) is 6.50. The van der Waals surface area contributed by atoms with E-state index < -0.39 is 0 Å². The van der Waals surface area contributed by atoms with Crippen LogP contribution in [0.15, 0.2) is 0 Å². The Kier molecular flexibility index (Phi) is 4.66. The zero-order valence-corrected chi connectivity index (χ0v) is 12.1. The van der Waals surface area contributed by atoms with Gasteiger partial charge in [-0.15, -0.1) is 0 Å². The molecule has 18 heavy (non-hydrogen) atoms. The van der Waals surface area contributed by atoms with Crippen LogP contribution < -0.4 is 5.32 Å². The molecular weight excluding hydrogens is 224 g/mol. The van der Waals surface area contributed by atoms with Gasteiger partial charge in [0.2, 0.25) is 5.91 Å². The van der Waals surface area contributed by atoms with Gasteiger partial charge in [0, 0.05) is 18.5 Å². The Morgan fingerprint density at radius 3 is 2.50 bits per heavy atom. The van der Waals surface area contributed by atoms with E-state index in [1.807, 2.05) is 0 Å². The van der Waals surface area contributed by atoms with Crippen molar-refractivity contribution in [2.75, 3.05) is 20.1 Å². The van der Waals surface area contributed by atoms with Gasteiger partial charge in [-0.05, 0) is 71.4 Å². The Hall–Kier alpha value is -0.570. The lowest BCUT2D eigenvalue weighted by molar-refractivity contribution is -0.125. The highest BCUT2D eigenvalue weighted by Crippen LogP contribution is 2.54. The van der Waals surface area contributed by atoms with Crippen LogP contribution in [0.1, 0.15) is 46.0 Å². The Morgan fingerprint density at radius 2 is 1.89 bits per heavy atom. The molecule has 104 valence electrons. The predicted molar refractivity (Wildman–Crippen MR) is 74.3 cm³/mol. The number of hydrogen-bond donors (Lipinski definition) is 1. The molecule has 2 fully saturated rings. The maximum absolute atomic E-state index is 11.9. The van der Waals surface area contributed by atoms with E-state index in [1.54, 1.807) is 0 Å². The lowest BCUT2D eigenvalue weighted by atomic mass is 10.0. The maximum Gasteiger partial charge on any atom is 0.223 e. The molecule has 0 aromatic carbocycles. The summed E-state index contributed by atoms with van der Waals surface area (Å²) in [5.74, 6) is 2.47. The van der Waals surface area contributed by atoms with Crippen LogP contribution in [0.4, 0.5) is 0 Å². The summed E-state index contributed by atoms with van der Waals surface area (Å²) in [5.41, 5.74) is 0. The molecule has 0 spiro atoms. The molecule has 0 aromatic heterocycles. The smallest absolute Gasteiger partial charge is 0.223 e. The second kappa shape index (κ2) is 6.05. The van der Waals surface area contributed by atoms with Crippen molar-refractivity contribution < 1.29 is 4.79 Å². The fourth-order valence-electron chi connectivity index (χ4n) is 3.03. The number of hydrogen-bond acceptors (Lipinski definition) is 2. The third-order valence-electron chi connectivity index (χ3n) is 4.73. The van der Waals surface area contributed by atoms with Crippen molar-refractivity contribution in [2.24, 2.45) is 17.8 Å². The molecule has 1 amide bonds. The molecule has 0 aliphatic heterocycles. The van der Waals surface area contributed by atoms with Gasteiger partial charge in [-0.2, -0.15) is 0 Å². The van der Waals surface area contributed by atoms with Crippen molar-refractivity contribution in [3.8, 4) is 0 Å². The minimum atomic E-state index is 0.319. The SMILES string of the molecule is CC(C)N(C)CCCCNC(=O)C1CC2CC2C1. The van der Waals surface area contributed by atoms with Crippen molar-refractivity contribution in [3.05, 3.63) is 0 Å². The standard InChI is InChI=1S/C15H28N2O/c1-11(2)17(3)7-5-4-6-16-15(18)14-9-12-8-13(12)10-14/h11-14H,4-10H2,1-3H3,(H,16,18). The van der Waals surface area contributed by atoms with Gasteiger partial charge in [0.25, 0.3) is 0 Å². The zero-order chi connectivity index (χ0) is 13.1. The van der Waals surface area contributed by atoms with E-state index in [9.17, 15) is 4.79 Å². The van der Waals surface area contributed by atoms with Crippen molar-refractivity contribution >= 4 is 5.91 Å². The largest absolute Gasteiger partial charge is 0.356 e. The molecule has 2 saturated carbocycles. The Bertz CT molecular complexity index is 280. The van der Waals surface area contributed by atoms with Gasteiger partial charge in [0.05, 0.1) is 0 Å². The van der Waals surface area contributed by atoms with Crippen LogP contribution in [0.3, 0.4) is 0 Å². The number of nitrogens with zero attached hydrogens (tertiary/aromatic N) is 1. The number of rotatable bonds is 7. The Balaban J connectivity index is 1.49. The summed E-state index contributed by atoms with van der Waals surface area (Å²) in [6, 6.07) is 0.616.